The molecule has 0 rings (SSSR count). The molecule has 3 amide bonds. The first-order valence-electron chi connectivity index (χ1n) is 7.19. The van der Waals surface area contributed by atoms with Crippen molar-refractivity contribution in [3.05, 3.63) is 0 Å². The standard InChI is InChI=1S/C13H24N4O7/c1-5(14)10(20)17-9(7(3)19)12(22)15-6(2)11(21)16-8(4-18)13(23)24/h5-9,18-19H,4,14H2,1-3H3,(H,15,22)(H,16,21)(H,17,20)(H,23,24). The topological polar surface area (TPSA) is 191 Å². The number of aliphatic carboxylic acids is 1. The van der Waals surface area contributed by atoms with Gasteiger partial charge in [0.1, 0.15) is 18.1 Å². The van der Waals surface area contributed by atoms with E-state index in [1.807, 2.05) is 5.32 Å². The van der Waals surface area contributed by atoms with Crippen LogP contribution in [0.25, 0.3) is 0 Å². The Kier molecular flexibility index (Phi) is 8.89. The van der Waals surface area contributed by atoms with Crippen LogP contribution in [0.15, 0.2) is 0 Å². The smallest absolute Gasteiger partial charge is 0.328 e. The van der Waals surface area contributed by atoms with E-state index in [-0.39, 0.29) is 0 Å². The molecule has 138 valence electrons. The number of carboxylic acid groups (broad SMARTS) is 1. The van der Waals surface area contributed by atoms with Crippen molar-refractivity contribution in [3.8, 4) is 0 Å². The molecule has 11 nitrogen and oxygen atoms in total. The second-order valence-electron chi connectivity index (χ2n) is 5.33. The molecule has 0 fully saturated rings. The summed E-state index contributed by atoms with van der Waals surface area (Å²) in [4.78, 5) is 46.2. The van der Waals surface area contributed by atoms with Gasteiger partial charge in [-0.3, -0.25) is 14.4 Å². The number of hydrogen-bond donors (Lipinski definition) is 7. The first-order chi connectivity index (χ1) is 11.0. The van der Waals surface area contributed by atoms with E-state index in [4.69, 9.17) is 15.9 Å². The number of carbonyl (C=O) groups excluding carboxylic acids is 3. The average molecular weight is 348 g/mol. The van der Waals surface area contributed by atoms with Crippen molar-refractivity contribution in [1.82, 2.24) is 16.0 Å². The Morgan fingerprint density at radius 3 is 1.88 bits per heavy atom. The number of rotatable bonds is 9. The summed E-state index contributed by atoms with van der Waals surface area (Å²) in [6.07, 6.45) is -1.26. The number of carbonyl (C=O) groups is 4. The Morgan fingerprint density at radius 1 is 0.958 bits per heavy atom. The van der Waals surface area contributed by atoms with Gasteiger partial charge in [0.05, 0.1) is 18.8 Å². The highest BCUT2D eigenvalue weighted by atomic mass is 16.4. The molecule has 0 saturated heterocycles. The van der Waals surface area contributed by atoms with Crippen molar-refractivity contribution >= 4 is 23.7 Å². The summed E-state index contributed by atoms with van der Waals surface area (Å²) in [5.74, 6) is -3.81. The van der Waals surface area contributed by atoms with Gasteiger partial charge < -0.3 is 37.0 Å². The van der Waals surface area contributed by atoms with Crippen LogP contribution < -0.4 is 21.7 Å². The number of nitrogens with two attached hydrogens (primary N) is 1. The monoisotopic (exact) mass is 348 g/mol. The van der Waals surface area contributed by atoms with E-state index in [1.165, 1.54) is 20.8 Å². The van der Waals surface area contributed by atoms with E-state index in [0.29, 0.717) is 0 Å². The van der Waals surface area contributed by atoms with Crippen molar-refractivity contribution in [1.29, 1.82) is 0 Å². The lowest BCUT2D eigenvalue weighted by Crippen LogP contribution is -2.59. The zero-order valence-electron chi connectivity index (χ0n) is 13.6. The molecular formula is C13H24N4O7. The molecule has 0 saturated carbocycles. The van der Waals surface area contributed by atoms with Crippen LogP contribution in [0.5, 0.6) is 0 Å². The molecular weight excluding hydrogens is 324 g/mol. The Morgan fingerprint density at radius 2 is 1.50 bits per heavy atom. The molecule has 11 heteroatoms. The van der Waals surface area contributed by atoms with Crippen LogP contribution >= 0.6 is 0 Å². The van der Waals surface area contributed by atoms with Gasteiger partial charge in [-0.05, 0) is 20.8 Å². The van der Waals surface area contributed by atoms with Crippen molar-refractivity contribution < 1.29 is 34.5 Å². The summed E-state index contributed by atoms with van der Waals surface area (Å²) in [5, 5.41) is 33.7. The molecule has 0 aliphatic heterocycles. The minimum absolute atomic E-state index is 0.667. The van der Waals surface area contributed by atoms with Crippen molar-refractivity contribution in [2.75, 3.05) is 6.61 Å². The van der Waals surface area contributed by atoms with Gasteiger partial charge in [0.2, 0.25) is 17.7 Å². The zero-order chi connectivity index (χ0) is 19.0. The summed E-state index contributed by atoms with van der Waals surface area (Å²) in [6.45, 7) is 3.12. The summed E-state index contributed by atoms with van der Waals surface area (Å²) in [7, 11) is 0. The summed E-state index contributed by atoms with van der Waals surface area (Å²) < 4.78 is 0. The lowest BCUT2D eigenvalue weighted by atomic mass is 10.1. The predicted molar refractivity (Wildman–Crippen MR) is 81.5 cm³/mol. The molecule has 0 bridgehead atoms. The van der Waals surface area contributed by atoms with Gasteiger partial charge in [-0.1, -0.05) is 0 Å². The molecule has 0 aromatic carbocycles. The quantitative estimate of drug-likeness (QED) is 0.221. The lowest BCUT2D eigenvalue weighted by molar-refractivity contribution is -0.143. The fourth-order valence-electron chi connectivity index (χ4n) is 1.54. The van der Waals surface area contributed by atoms with Gasteiger partial charge in [-0.15, -0.1) is 0 Å². The van der Waals surface area contributed by atoms with E-state index in [1.54, 1.807) is 0 Å². The second-order valence-corrected chi connectivity index (χ2v) is 5.33. The van der Waals surface area contributed by atoms with Crippen LogP contribution in [0.1, 0.15) is 20.8 Å². The van der Waals surface area contributed by atoms with E-state index >= 15 is 0 Å². The van der Waals surface area contributed by atoms with Crippen molar-refractivity contribution in [2.45, 2.75) is 51.0 Å². The van der Waals surface area contributed by atoms with Gasteiger partial charge in [-0.2, -0.15) is 0 Å². The maximum Gasteiger partial charge on any atom is 0.328 e. The maximum atomic E-state index is 12.1. The molecule has 0 aliphatic rings. The normalized spacial score (nSPS) is 16.9. The van der Waals surface area contributed by atoms with Crippen LogP contribution in [0.2, 0.25) is 0 Å². The van der Waals surface area contributed by atoms with Crippen molar-refractivity contribution in [3.63, 3.8) is 0 Å². The van der Waals surface area contributed by atoms with Crippen LogP contribution in [0.3, 0.4) is 0 Å². The first-order valence-corrected chi connectivity index (χ1v) is 7.19. The van der Waals surface area contributed by atoms with Gasteiger partial charge >= 0.3 is 5.97 Å². The lowest BCUT2D eigenvalue weighted by Gasteiger charge is -2.24. The molecule has 8 N–H and O–H groups in total. The summed E-state index contributed by atoms with van der Waals surface area (Å²) in [6, 6.07) is -4.92. The number of amides is 3. The predicted octanol–water partition coefficient (Wildman–Crippen LogP) is -3.73. The molecule has 0 spiro atoms. The van der Waals surface area contributed by atoms with Gasteiger partial charge in [0, 0.05) is 0 Å². The Labute approximate surface area is 138 Å². The largest absolute Gasteiger partial charge is 0.480 e. The van der Waals surface area contributed by atoms with Crippen LogP contribution in [-0.2, 0) is 19.2 Å². The van der Waals surface area contributed by atoms with E-state index < -0.39 is 60.6 Å². The van der Waals surface area contributed by atoms with Gasteiger partial charge in [0.15, 0.2) is 0 Å². The third-order valence-electron chi connectivity index (χ3n) is 3.03. The molecule has 24 heavy (non-hydrogen) atoms. The zero-order valence-corrected chi connectivity index (χ0v) is 13.6. The molecule has 0 aromatic heterocycles. The van der Waals surface area contributed by atoms with Crippen LogP contribution in [0.4, 0.5) is 0 Å². The summed E-state index contributed by atoms with van der Waals surface area (Å²) >= 11 is 0. The number of hydrogen-bond acceptors (Lipinski definition) is 7. The third-order valence-corrected chi connectivity index (χ3v) is 3.03. The highest BCUT2D eigenvalue weighted by molar-refractivity contribution is 5.94. The SMILES string of the molecule is CC(N)C(=O)NC(C(=O)NC(C)C(=O)NC(CO)C(=O)O)C(C)O. The summed E-state index contributed by atoms with van der Waals surface area (Å²) in [5.41, 5.74) is 5.36. The molecule has 5 atom stereocenters. The number of aliphatic hydroxyl groups excluding tert-OH is 2. The third kappa shape index (κ3) is 6.89. The second kappa shape index (κ2) is 9.80. The number of nitrogens with one attached hydrogen (secondary N) is 3. The highest BCUT2D eigenvalue weighted by Gasteiger charge is 2.30. The minimum atomic E-state index is -1.51. The number of aliphatic hydroxyl groups is 2. The Hall–Kier alpha value is -2.24. The fourth-order valence-corrected chi connectivity index (χ4v) is 1.54. The molecule has 0 heterocycles. The van der Waals surface area contributed by atoms with Crippen molar-refractivity contribution in [2.24, 2.45) is 5.73 Å². The molecule has 0 aliphatic carbocycles. The Bertz CT molecular complexity index is 481. The Balaban J connectivity index is 4.82. The highest BCUT2D eigenvalue weighted by Crippen LogP contribution is 1.97. The molecule has 5 unspecified atom stereocenters. The number of carboxylic acids is 1. The molecule has 0 radical (unpaired) electrons. The first kappa shape index (κ1) is 21.8. The van der Waals surface area contributed by atoms with Gasteiger partial charge in [0.25, 0.3) is 0 Å². The van der Waals surface area contributed by atoms with E-state index in [2.05, 4.69) is 10.6 Å². The van der Waals surface area contributed by atoms with Crippen LogP contribution in [0, 0.1) is 0 Å². The maximum absolute atomic E-state index is 12.1. The fraction of sp³-hybridized carbons (Fsp3) is 0.692. The van der Waals surface area contributed by atoms with Gasteiger partial charge in [-0.25, -0.2) is 4.79 Å². The van der Waals surface area contributed by atoms with Crippen LogP contribution in [-0.4, -0.2) is 75.9 Å². The average Bonchev–Trinajstić information content (AvgIpc) is 2.48. The minimum Gasteiger partial charge on any atom is -0.480 e. The van der Waals surface area contributed by atoms with E-state index in [0.717, 1.165) is 0 Å². The molecule has 0 aromatic rings. The van der Waals surface area contributed by atoms with E-state index in [9.17, 15) is 24.3 Å².